The maximum absolute atomic E-state index is 4.46. The van der Waals surface area contributed by atoms with Crippen LogP contribution in [0.4, 0.5) is 0 Å². The predicted molar refractivity (Wildman–Crippen MR) is 295 cm³/mol. The zero-order valence-electron chi connectivity index (χ0n) is 40.8. The third kappa shape index (κ3) is 7.13. The van der Waals surface area contributed by atoms with Gasteiger partial charge >= 0.3 is 300 Å². The Labute approximate surface area is 424 Å². The monoisotopic (exact) mass is 1100 g/mol. The first-order valence-electron chi connectivity index (χ1n) is 24.6. The fourth-order valence-electron chi connectivity index (χ4n) is 12.4. The van der Waals surface area contributed by atoms with Crippen molar-refractivity contribution in [2.75, 3.05) is 0 Å². The molecule has 0 saturated heterocycles. The molecule has 0 nitrogen and oxygen atoms in total. The number of hydrogen-bond donors (Lipinski definition) is 0. The standard InChI is InChI=1S/C66H58PSi.Os/c1-9-21-44-31-34-52-54-39-60-56(41-59(54)64(4,5)58(52)36-44)57-42-63-55(40-61(57)65(60,6)7)53-35-32-45(37-62(53)66(63,8)68)30-33-47(38-48-23-20-22-46(48)10-2)43(3)67(49-24-14-11-15-25-49,50-26-16-12-17-27-50)51-28-18-13-19-29-51;/h9-19,21,24-42H,20,22-23H2,1-2,4-8H3;/q+1;/b21-9+,33-30+,46-10?,47-43?,48-38?;. The van der Waals surface area contributed by atoms with E-state index in [0.29, 0.717) is 0 Å². The Bertz CT molecular complexity index is 3350. The third-order valence-corrected chi connectivity index (χ3v) is 21.9. The van der Waals surface area contributed by atoms with E-state index in [0.717, 1.165) is 12.8 Å². The van der Waals surface area contributed by atoms with Gasteiger partial charge in [-0.2, -0.15) is 0 Å². The van der Waals surface area contributed by atoms with Crippen LogP contribution in [0.5, 0.6) is 0 Å². The minimum absolute atomic E-state index is 0.0928. The fourth-order valence-corrected chi connectivity index (χ4v) is 18.6. The molecule has 0 aromatic heterocycles. The van der Waals surface area contributed by atoms with E-state index in [2.05, 4.69) is 251 Å². The van der Waals surface area contributed by atoms with Crippen molar-refractivity contribution in [2.24, 2.45) is 0 Å². The van der Waals surface area contributed by atoms with E-state index in [1.54, 1.807) is 0 Å². The van der Waals surface area contributed by atoms with Gasteiger partial charge in [0.25, 0.3) is 0 Å². The molecule has 1 atom stereocenters. The number of benzene rings is 7. The summed E-state index contributed by atoms with van der Waals surface area (Å²) in [5.74, 6) is 0. The van der Waals surface area contributed by atoms with E-state index in [9.17, 15) is 0 Å². The quantitative estimate of drug-likeness (QED) is 0.0808. The Hall–Kier alpha value is -5.70. The van der Waals surface area contributed by atoms with Crippen molar-refractivity contribution in [3.63, 3.8) is 0 Å². The molecule has 7 aromatic rings. The van der Waals surface area contributed by atoms with Gasteiger partial charge in [-0.05, 0) is 58.0 Å². The molecule has 1 saturated carbocycles. The van der Waals surface area contributed by atoms with Gasteiger partial charge in [0.1, 0.15) is 0 Å². The molecule has 7 aromatic carbocycles. The number of hydrogen-bond acceptors (Lipinski definition) is 0. The molecule has 4 aliphatic carbocycles. The van der Waals surface area contributed by atoms with Crippen molar-refractivity contribution < 1.29 is 17.9 Å². The fraction of sp³-hybridized carbons (Fsp3) is 0.197. The van der Waals surface area contributed by atoms with Gasteiger partial charge in [-0.15, -0.1) is 0 Å². The summed E-state index contributed by atoms with van der Waals surface area (Å²) in [5.41, 5.74) is 22.8. The molecule has 3 heteroatoms. The molecule has 0 amide bonds. The zero-order chi connectivity index (χ0) is 47.9. The molecule has 3 radical (unpaired) electrons. The summed E-state index contributed by atoms with van der Waals surface area (Å²) in [7, 11) is 2.04. The summed E-state index contributed by atoms with van der Waals surface area (Å²) in [4.78, 5) is 0. The Balaban J connectivity index is 1.04. The molecule has 1 unspecified atom stereocenters. The summed E-state index contributed by atoms with van der Waals surface area (Å²) in [6, 6.07) is 58.0. The first-order valence-corrected chi connectivity index (χ1v) is 28.2. The van der Waals surface area contributed by atoms with Gasteiger partial charge < -0.3 is 0 Å². The number of fused-ring (bicyclic) bond motifs is 9. The van der Waals surface area contributed by atoms with Crippen LogP contribution in [-0.4, -0.2) is 10.2 Å². The molecule has 0 bridgehead atoms. The van der Waals surface area contributed by atoms with E-state index in [1.165, 1.54) is 122 Å². The molecule has 11 rings (SSSR count). The molecule has 69 heavy (non-hydrogen) atoms. The number of rotatable bonds is 8. The van der Waals surface area contributed by atoms with Crippen molar-refractivity contribution >= 4 is 45.6 Å². The summed E-state index contributed by atoms with van der Waals surface area (Å²) in [6.07, 6.45) is 17.3. The van der Waals surface area contributed by atoms with Crippen LogP contribution < -0.4 is 15.9 Å². The first-order chi connectivity index (χ1) is 33.3. The van der Waals surface area contributed by atoms with Crippen LogP contribution in [0.2, 0.25) is 0 Å². The molecule has 0 N–H and O–H groups in total. The maximum atomic E-state index is 4.46. The Morgan fingerprint density at radius 3 is 1.45 bits per heavy atom. The topological polar surface area (TPSA) is 0 Å². The normalized spacial score (nSPS) is 19.6. The molecule has 338 valence electrons. The van der Waals surface area contributed by atoms with Gasteiger partial charge in [-0.25, -0.2) is 0 Å². The first kappa shape index (κ1) is 45.7. The van der Waals surface area contributed by atoms with E-state index >= 15 is 0 Å². The average Bonchev–Trinajstić information content (AvgIpc) is 4.04. The zero-order valence-corrected chi connectivity index (χ0v) is 45.3. The van der Waals surface area contributed by atoms with Crippen LogP contribution in [0.15, 0.2) is 198 Å². The van der Waals surface area contributed by atoms with Gasteiger partial charge in [0.15, 0.2) is 0 Å². The van der Waals surface area contributed by atoms with E-state index in [4.69, 9.17) is 0 Å². The number of allylic oxidation sites excluding steroid dienone is 8. The second kappa shape index (κ2) is 17.3. The van der Waals surface area contributed by atoms with Crippen molar-refractivity contribution in [1.82, 2.24) is 0 Å². The second-order valence-corrected chi connectivity index (χ2v) is 25.6. The summed E-state index contributed by atoms with van der Waals surface area (Å²) in [6.45, 7) is 16.3. The van der Waals surface area contributed by atoms with Gasteiger partial charge in [-0.1, -0.05) is 58.0 Å². The Kier molecular flexibility index (Phi) is 11.5. The molecule has 0 aliphatic heterocycles. The summed E-state index contributed by atoms with van der Waals surface area (Å²) in [5, 5.41) is 4.89. The average molecular weight is 1100 g/mol. The van der Waals surface area contributed by atoms with Gasteiger partial charge in [-0.3, -0.25) is 0 Å². The van der Waals surface area contributed by atoms with E-state index < -0.39 is 7.26 Å². The summed E-state index contributed by atoms with van der Waals surface area (Å²) >= 11 is 1.86. The van der Waals surface area contributed by atoms with E-state index in [-0.39, 0.29) is 15.9 Å². The van der Waals surface area contributed by atoms with Crippen LogP contribution in [0.3, 0.4) is 0 Å². The molecule has 0 heterocycles. The van der Waals surface area contributed by atoms with Crippen LogP contribution in [0.25, 0.3) is 45.5 Å². The van der Waals surface area contributed by atoms with Crippen LogP contribution in [0, 0.1) is 4.37 Å². The molecular weight excluding hydrogens is 1040 g/mol. The Morgan fingerprint density at radius 1 is 0.522 bits per heavy atom. The molecular formula is C66H58OsPSi+. The van der Waals surface area contributed by atoms with Crippen molar-refractivity contribution in [1.29, 1.82) is 0 Å². The SMILES string of the molecule is CC=C1CCCC1=CC(/C=C/c1ccc2c(c1)C(C)([Si])c1cc3c(cc1-2)C(C)(C)c1cc2c(cc1-3)C(C)(C)c1cc(/C=C/C)ccc1-2)=C([C]#[Os])[P+](c1ccccc1)(c1ccccc1)c1ccccc1. The van der Waals surface area contributed by atoms with Gasteiger partial charge in [0, 0.05) is 10.8 Å². The van der Waals surface area contributed by atoms with Gasteiger partial charge in [0.05, 0.1) is 0 Å². The van der Waals surface area contributed by atoms with Crippen molar-refractivity contribution in [3.8, 4) is 37.8 Å². The van der Waals surface area contributed by atoms with Crippen LogP contribution in [-0.2, 0) is 33.8 Å². The molecule has 1 fully saturated rings. The molecule has 4 aliphatic rings. The van der Waals surface area contributed by atoms with Crippen molar-refractivity contribution in [2.45, 2.75) is 83.6 Å². The summed E-state index contributed by atoms with van der Waals surface area (Å²) < 4.78 is 3.94. The van der Waals surface area contributed by atoms with Crippen LogP contribution >= 0.6 is 7.26 Å². The second-order valence-electron chi connectivity index (χ2n) is 20.6. The van der Waals surface area contributed by atoms with Crippen molar-refractivity contribution in [3.05, 3.63) is 243 Å². The molecule has 0 spiro atoms. The predicted octanol–water partition coefficient (Wildman–Crippen LogP) is 15.6. The third-order valence-electron chi connectivity index (χ3n) is 16.0. The minimum atomic E-state index is -2.42. The van der Waals surface area contributed by atoms with Crippen LogP contribution in [0.1, 0.15) is 112 Å². The Morgan fingerprint density at radius 2 is 0.942 bits per heavy atom. The van der Waals surface area contributed by atoms with E-state index in [1.807, 2.05) is 17.9 Å². The van der Waals surface area contributed by atoms with Gasteiger partial charge in [0.2, 0.25) is 0 Å².